The van der Waals surface area contributed by atoms with Gasteiger partial charge in [-0.2, -0.15) is 0 Å². The Bertz CT molecular complexity index is 553. The molecule has 0 aliphatic heterocycles. The molecule has 0 bridgehead atoms. The summed E-state index contributed by atoms with van der Waals surface area (Å²) in [5.74, 6) is 1.86. The molecule has 2 aromatic carbocycles. The minimum Gasteiger partial charge on any atom is -0.399 e. The maximum atomic E-state index is 5.81. The fraction of sp³-hybridized carbons (Fsp3) is 0.400. The highest BCUT2D eigenvalue weighted by atomic mass is 32.2. The number of thioether (sulfide) groups is 1. The predicted octanol–water partition coefficient (Wildman–Crippen LogP) is 6.05. The maximum absolute atomic E-state index is 5.81. The molecule has 0 aliphatic rings. The molecule has 3 heteroatoms. The fourth-order valence-electron chi connectivity index (χ4n) is 2.18. The van der Waals surface area contributed by atoms with Crippen LogP contribution in [0.15, 0.2) is 53.4 Å². The molecular weight excluding hydrogens is 300 g/mol. The lowest BCUT2D eigenvalue weighted by Gasteiger charge is -2.09. The number of nitrogen functional groups attached to an aromatic ring is 1. The van der Waals surface area contributed by atoms with Crippen molar-refractivity contribution in [2.45, 2.75) is 44.3 Å². The summed E-state index contributed by atoms with van der Waals surface area (Å²) in [5.41, 5.74) is 9.06. The van der Waals surface area contributed by atoms with Gasteiger partial charge in [-0.25, -0.2) is 0 Å². The topological polar surface area (TPSA) is 38.0 Å². The van der Waals surface area contributed by atoms with Gasteiger partial charge in [0.05, 0.1) is 0 Å². The van der Waals surface area contributed by atoms with Gasteiger partial charge in [-0.05, 0) is 29.7 Å². The van der Waals surface area contributed by atoms with Gasteiger partial charge < -0.3 is 11.1 Å². The minimum absolute atomic E-state index is 0.805. The van der Waals surface area contributed by atoms with Crippen molar-refractivity contribution in [2.75, 3.05) is 18.1 Å². The fourth-order valence-corrected chi connectivity index (χ4v) is 3.24. The van der Waals surface area contributed by atoms with Crippen LogP contribution in [0.1, 0.15) is 39.2 Å². The second kappa shape index (κ2) is 11.0. The van der Waals surface area contributed by atoms with E-state index in [1.165, 1.54) is 23.3 Å². The highest BCUT2D eigenvalue weighted by Gasteiger charge is 2.02. The third-order valence-corrected chi connectivity index (χ3v) is 4.50. The van der Waals surface area contributed by atoms with Crippen LogP contribution in [0.4, 0.5) is 11.4 Å². The van der Waals surface area contributed by atoms with Gasteiger partial charge >= 0.3 is 0 Å². The lowest BCUT2D eigenvalue weighted by molar-refractivity contribution is 0.576. The van der Waals surface area contributed by atoms with Crippen LogP contribution >= 0.6 is 11.8 Å². The second-order valence-corrected chi connectivity index (χ2v) is 6.98. The molecule has 2 aromatic rings. The number of hydrogen-bond donors (Lipinski definition) is 2. The smallest absolute Gasteiger partial charge is 0.0477 e. The Hall–Kier alpha value is -1.61. The molecule has 0 aromatic heterocycles. The molecule has 2 rings (SSSR count). The summed E-state index contributed by atoms with van der Waals surface area (Å²) < 4.78 is 0. The summed E-state index contributed by atoms with van der Waals surface area (Å²) in [7, 11) is 1.93. The first-order valence-electron chi connectivity index (χ1n) is 8.30. The van der Waals surface area contributed by atoms with Gasteiger partial charge in [-0.1, -0.05) is 63.9 Å². The molecular formula is C20H30N2S. The Labute approximate surface area is 145 Å². The molecule has 2 nitrogen and oxygen atoms in total. The van der Waals surface area contributed by atoms with Crippen LogP contribution in [0.5, 0.6) is 0 Å². The highest BCUT2D eigenvalue weighted by Crippen LogP contribution is 2.31. The SMILES string of the molecule is CCCC(C)C.CNc1ccc(N)cc1SCc1ccccc1. The molecule has 0 fully saturated rings. The zero-order chi connectivity index (χ0) is 17.1. The van der Waals surface area contributed by atoms with E-state index in [4.69, 9.17) is 5.73 Å². The Morgan fingerprint density at radius 1 is 1.09 bits per heavy atom. The summed E-state index contributed by atoms with van der Waals surface area (Å²) >= 11 is 1.80. The van der Waals surface area contributed by atoms with Crippen molar-refractivity contribution >= 4 is 23.1 Å². The van der Waals surface area contributed by atoms with Gasteiger partial charge in [-0.15, -0.1) is 11.8 Å². The third-order valence-electron chi connectivity index (χ3n) is 3.38. The molecule has 0 unspecified atom stereocenters. The highest BCUT2D eigenvalue weighted by molar-refractivity contribution is 7.98. The van der Waals surface area contributed by atoms with Crippen molar-refractivity contribution in [3.05, 3.63) is 54.1 Å². The Balaban J connectivity index is 0.000000379. The summed E-state index contributed by atoms with van der Waals surface area (Å²) in [6.07, 6.45) is 2.71. The van der Waals surface area contributed by atoms with Gasteiger partial charge in [0.2, 0.25) is 0 Å². The van der Waals surface area contributed by atoms with Gasteiger partial charge in [0, 0.05) is 29.1 Å². The number of rotatable bonds is 6. The molecule has 0 heterocycles. The minimum atomic E-state index is 0.805. The van der Waals surface area contributed by atoms with Crippen LogP contribution in [0.25, 0.3) is 0 Å². The molecule has 3 N–H and O–H groups in total. The molecule has 0 amide bonds. The van der Waals surface area contributed by atoms with E-state index in [9.17, 15) is 0 Å². The van der Waals surface area contributed by atoms with Crippen molar-refractivity contribution < 1.29 is 0 Å². The summed E-state index contributed by atoms with van der Waals surface area (Å²) in [4.78, 5) is 1.19. The molecule has 0 saturated carbocycles. The first kappa shape index (κ1) is 19.4. The zero-order valence-corrected chi connectivity index (χ0v) is 15.6. The van der Waals surface area contributed by atoms with Crippen LogP contribution in [-0.4, -0.2) is 7.05 Å². The number of nitrogens with one attached hydrogen (secondary N) is 1. The van der Waals surface area contributed by atoms with E-state index < -0.39 is 0 Å². The maximum Gasteiger partial charge on any atom is 0.0477 e. The van der Waals surface area contributed by atoms with Gasteiger partial charge in [0.15, 0.2) is 0 Å². The van der Waals surface area contributed by atoms with Crippen LogP contribution in [0.2, 0.25) is 0 Å². The van der Waals surface area contributed by atoms with Crippen LogP contribution in [0.3, 0.4) is 0 Å². The summed E-state index contributed by atoms with van der Waals surface area (Å²) in [6, 6.07) is 16.4. The first-order valence-corrected chi connectivity index (χ1v) is 9.29. The van der Waals surface area contributed by atoms with Gasteiger partial charge in [0.1, 0.15) is 0 Å². The van der Waals surface area contributed by atoms with E-state index >= 15 is 0 Å². The quantitative estimate of drug-likeness (QED) is 0.500. The van der Waals surface area contributed by atoms with Crippen LogP contribution in [-0.2, 0) is 5.75 Å². The van der Waals surface area contributed by atoms with Crippen molar-refractivity contribution in [2.24, 2.45) is 5.92 Å². The molecule has 0 spiro atoms. The number of benzene rings is 2. The summed E-state index contributed by atoms with van der Waals surface area (Å²) in [6.45, 7) is 6.73. The molecule has 0 saturated heterocycles. The van der Waals surface area contributed by atoms with E-state index in [0.29, 0.717) is 0 Å². The van der Waals surface area contributed by atoms with Crippen molar-refractivity contribution in [3.8, 4) is 0 Å². The van der Waals surface area contributed by atoms with Crippen molar-refractivity contribution in [1.82, 2.24) is 0 Å². The standard InChI is InChI=1S/C14H16N2S.C6H14/c1-16-13-8-7-12(15)9-14(13)17-10-11-5-3-2-4-6-11;1-4-5-6(2)3/h2-9,16H,10,15H2,1H3;6H,4-5H2,1-3H3. The monoisotopic (exact) mass is 330 g/mol. The molecule has 0 aliphatic carbocycles. The number of nitrogens with two attached hydrogens (primary N) is 1. The normalized spacial score (nSPS) is 10.1. The van der Waals surface area contributed by atoms with E-state index in [-0.39, 0.29) is 0 Å². The van der Waals surface area contributed by atoms with E-state index in [0.717, 1.165) is 23.0 Å². The third kappa shape index (κ3) is 7.98. The second-order valence-electron chi connectivity index (χ2n) is 5.96. The Morgan fingerprint density at radius 2 is 1.78 bits per heavy atom. The summed E-state index contributed by atoms with van der Waals surface area (Å²) in [5, 5.41) is 3.18. The van der Waals surface area contributed by atoms with Gasteiger partial charge in [0.25, 0.3) is 0 Å². The lowest BCUT2D eigenvalue weighted by Crippen LogP contribution is -1.93. The predicted molar refractivity (Wildman–Crippen MR) is 106 cm³/mol. The molecule has 23 heavy (non-hydrogen) atoms. The first-order chi connectivity index (χ1) is 11.1. The van der Waals surface area contributed by atoms with E-state index in [2.05, 4.69) is 50.4 Å². The number of anilines is 2. The van der Waals surface area contributed by atoms with Crippen molar-refractivity contribution in [1.29, 1.82) is 0 Å². The average molecular weight is 331 g/mol. The molecule has 126 valence electrons. The van der Waals surface area contributed by atoms with E-state index in [1.807, 2.05) is 31.3 Å². The van der Waals surface area contributed by atoms with Crippen LogP contribution < -0.4 is 11.1 Å². The Morgan fingerprint density at radius 3 is 2.30 bits per heavy atom. The lowest BCUT2D eigenvalue weighted by atomic mass is 10.1. The molecule has 0 atom stereocenters. The zero-order valence-electron chi connectivity index (χ0n) is 14.8. The van der Waals surface area contributed by atoms with Crippen LogP contribution in [0, 0.1) is 5.92 Å². The Kier molecular flexibility index (Phi) is 9.30. The number of hydrogen-bond acceptors (Lipinski definition) is 3. The van der Waals surface area contributed by atoms with Crippen molar-refractivity contribution in [3.63, 3.8) is 0 Å². The molecule has 0 radical (unpaired) electrons. The largest absolute Gasteiger partial charge is 0.399 e. The van der Waals surface area contributed by atoms with E-state index in [1.54, 1.807) is 11.8 Å². The van der Waals surface area contributed by atoms with Gasteiger partial charge in [-0.3, -0.25) is 0 Å². The average Bonchev–Trinajstić information content (AvgIpc) is 2.54.